The third-order valence-electron chi connectivity index (χ3n) is 4.49. The highest BCUT2D eigenvalue weighted by molar-refractivity contribution is 5.79. The van der Waals surface area contributed by atoms with Gasteiger partial charge in [0.1, 0.15) is 0 Å². The van der Waals surface area contributed by atoms with Gasteiger partial charge in [-0.15, -0.1) is 0 Å². The van der Waals surface area contributed by atoms with Crippen molar-refractivity contribution in [2.45, 2.75) is 39.5 Å². The van der Waals surface area contributed by atoms with Gasteiger partial charge in [-0.1, -0.05) is 0 Å². The molecular formula is C17H28N4O3. The molecule has 7 nitrogen and oxygen atoms in total. The summed E-state index contributed by atoms with van der Waals surface area (Å²) in [6.07, 6.45) is 2.26. The first-order valence-electron chi connectivity index (χ1n) is 8.60. The van der Waals surface area contributed by atoms with E-state index in [0.717, 1.165) is 23.4 Å². The Labute approximate surface area is 143 Å². The molecule has 1 fully saturated rings. The molecule has 134 valence electrons. The minimum absolute atomic E-state index is 0.0303. The average Bonchev–Trinajstić information content (AvgIpc) is 2.77. The van der Waals surface area contributed by atoms with Crippen LogP contribution in [-0.2, 0) is 27.8 Å². The predicted molar refractivity (Wildman–Crippen MR) is 90.6 cm³/mol. The van der Waals surface area contributed by atoms with E-state index < -0.39 is 0 Å². The van der Waals surface area contributed by atoms with Crippen LogP contribution in [0.4, 0.5) is 0 Å². The fourth-order valence-electron chi connectivity index (χ4n) is 2.98. The number of hydrogen-bond acceptors (Lipinski definition) is 4. The Hall–Kier alpha value is -1.89. The number of nitrogens with one attached hydrogen (secondary N) is 1. The number of carbonyl (C=O) groups is 2. The Morgan fingerprint density at radius 1 is 1.29 bits per heavy atom. The van der Waals surface area contributed by atoms with E-state index in [1.807, 2.05) is 25.6 Å². The minimum atomic E-state index is -0.0303. The van der Waals surface area contributed by atoms with Gasteiger partial charge in [0, 0.05) is 51.8 Å². The van der Waals surface area contributed by atoms with Gasteiger partial charge in [-0.05, 0) is 32.3 Å². The summed E-state index contributed by atoms with van der Waals surface area (Å²) in [4.78, 5) is 26.1. The number of hydrogen-bond donors (Lipinski definition) is 1. The number of aromatic nitrogens is 2. The maximum atomic E-state index is 12.6. The van der Waals surface area contributed by atoms with Crippen molar-refractivity contribution >= 4 is 11.8 Å². The van der Waals surface area contributed by atoms with Crippen molar-refractivity contribution in [3.05, 3.63) is 17.0 Å². The Balaban J connectivity index is 1.93. The van der Waals surface area contributed by atoms with Crippen LogP contribution in [0.1, 0.15) is 36.2 Å². The molecule has 1 aromatic rings. The largest absolute Gasteiger partial charge is 0.380 e. The predicted octanol–water partition coefficient (Wildman–Crippen LogP) is 0.725. The number of ether oxygens (including phenoxy) is 1. The molecule has 1 aliphatic heterocycles. The van der Waals surface area contributed by atoms with Crippen molar-refractivity contribution < 1.29 is 14.3 Å². The fraction of sp³-hybridized carbons (Fsp3) is 0.706. The molecule has 1 aromatic heterocycles. The lowest BCUT2D eigenvalue weighted by Gasteiger charge is -2.22. The van der Waals surface area contributed by atoms with Crippen molar-refractivity contribution in [3.8, 4) is 0 Å². The summed E-state index contributed by atoms with van der Waals surface area (Å²) in [6.45, 7) is 6.77. The lowest BCUT2D eigenvalue weighted by Crippen LogP contribution is -2.36. The molecular weight excluding hydrogens is 308 g/mol. The second-order valence-corrected chi connectivity index (χ2v) is 6.22. The van der Waals surface area contributed by atoms with Gasteiger partial charge in [0.15, 0.2) is 0 Å². The smallest absolute Gasteiger partial charge is 0.222 e. The maximum absolute atomic E-state index is 12.6. The topological polar surface area (TPSA) is 76.5 Å². The van der Waals surface area contributed by atoms with Crippen molar-refractivity contribution in [3.63, 3.8) is 0 Å². The van der Waals surface area contributed by atoms with Crippen LogP contribution in [0.3, 0.4) is 0 Å². The number of amides is 2. The lowest BCUT2D eigenvalue weighted by molar-refractivity contribution is -0.132. The fourth-order valence-corrected chi connectivity index (χ4v) is 2.98. The van der Waals surface area contributed by atoms with Crippen LogP contribution < -0.4 is 5.32 Å². The number of aryl methyl sites for hydroxylation is 2. The zero-order valence-corrected chi connectivity index (χ0v) is 14.9. The van der Waals surface area contributed by atoms with Crippen LogP contribution in [-0.4, -0.2) is 59.3 Å². The van der Waals surface area contributed by atoms with Crippen LogP contribution in [0.5, 0.6) is 0 Å². The molecule has 1 saturated heterocycles. The van der Waals surface area contributed by atoms with Crippen molar-refractivity contribution in [1.82, 2.24) is 20.0 Å². The normalized spacial score (nSPS) is 17.3. The second-order valence-electron chi connectivity index (χ2n) is 6.22. The van der Waals surface area contributed by atoms with Crippen LogP contribution in [0.2, 0.25) is 0 Å². The molecule has 0 radical (unpaired) electrons. The van der Waals surface area contributed by atoms with Gasteiger partial charge >= 0.3 is 0 Å². The molecule has 0 atom stereocenters. The van der Waals surface area contributed by atoms with Crippen LogP contribution in [0.25, 0.3) is 0 Å². The summed E-state index contributed by atoms with van der Waals surface area (Å²) in [6, 6.07) is 0. The molecule has 1 aliphatic rings. The quantitative estimate of drug-likeness (QED) is 0.883. The summed E-state index contributed by atoms with van der Waals surface area (Å²) in [5.74, 6) is 0.0574. The van der Waals surface area contributed by atoms with Gasteiger partial charge in [0.25, 0.3) is 0 Å². The van der Waals surface area contributed by atoms with Crippen LogP contribution >= 0.6 is 0 Å². The summed E-state index contributed by atoms with van der Waals surface area (Å²) in [7, 11) is 1.92. The molecule has 0 unspecified atom stereocenters. The lowest BCUT2D eigenvalue weighted by atomic mass is 10.1. The van der Waals surface area contributed by atoms with Gasteiger partial charge < -0.3 is 15.0 Å². The molecule has 0 saturated carbocycles. The molecule has 0 aromatic carbocycles. The molecule has 1 N–H and O–H groups in total. The average molecular weight is 336 g/mol. The van der Waals surface area contributed by atoms with Crippen LogP contribution in [0, 0.1) is 13.8 Å². The Kier molecular flexibility index (Phi) is 6.78. The van der Waals surface area contributed by atoms with Gasteiger partial charge in [-0.3, -0.25) is 14.3 Å². The zero-order chi connectivity index (χ0) is 17.5. The van der Waals surface area contributed by atoms with E-state index in [-0.39, 0.29) is 11.8 Å². The zero-order valence-electron chi connectivity index (χ0n) is 14.9. The highest BCUT2D eigenvalue weighted by Gasteiger charge is 2.17. The Morgan fingerprint density at radius 3 is 2.79 bits per heavy atom. The SMILES string of the molecule is Cc1nn(C)c(C)c1CCC(=O)N1CCCOCCNC(=O)CC1. The Morgan fingerprint density at radius 2 is 2.08 bits per heavy atom. The first-order valence-corrected chi connectivity index (χ1v) is 8.60. The number of carbonyl (C=O) groups excluding carboxylic acids is 2. The van der Waals surface area contributed by atoms with Gasteiger partial charge in [0.05, 0.1) is 12.3 Å². The third-order valence-corrected chi connectivity index (χ3v) is 4.49. The van der Waals surface area contributed by atoms with E-state index >= 15 is 0 Å². The summed E-state index contributed by atoms with van der Waals surface area (Å²) in [5, 5.41) is 7.20. The van der Waals surface area contributed by atoms with Gasteiger partial charge in [0.2, 0.25) is 11.8 Å². The summed E-state index contributed by atoms with van der Waals surface area (Å²) in [5.41, 5.74) is 3.23. The maximum Gasteiger partial charge on any atom is 0.222 e. The molecule has 2 amide bonds. The molecule has 0 aliphatic carbocycles. The molecule has 7 heteroatoms. The van der Waals surface area contributed by atoms with E-state index in [9.17, 15) is 9.59 Å². The van der Waals surface area contributed by atoms with Crippen molar-refractivity contribution in [2.24, 2.45) is 7.05 Å². The third kappa shape index (κ3) is 5.06. The van der Waals surface area contributed by atoms with E-state index in [1.165, 1.54) is 0 Å². The first-order chi connectivity index (χ1) is 11.5. The van der Waals surface area contributed by atoms with E-state index in [4.69, 9.17) is 4.74 Å². The molecule has 2 rings (SSSR count). The van der Waals surface area contributed by atoms with E-state index in [1.54, 1.807) is 4.90 Å². The van der Waals surface area contributed by atoms with Gasteiger partial charge in [-0.25, -0.2) is 0 Å². The number of nitrogens with zero attached hydrogens (tertiary/aromatic N) is 3. The highest BCUT2D eigenvalue weighted by atomic mass is 16.5. The standard InChI is InChI=1S/C17H28N4O3/c1-13-15(14(2)20(3)19-13)5-6-17(23)21-9-4-11-24-12-8-18-16(22)7-10-21/h4-12H2,1-3H3,(H,18,22). The molecule has 0 spiro atoms. The van der Waals surface area contributed by atoms with Crippen LogP contribution in [0.15, 0.2) is 0 Å². The number of rotatable bonds is 3. The van der Waals surface area contributed by atoms with E-state index in [0.29, 0.717) is 52.1 Å². The Bertz CT molecular complexity index is 583. The summed E-state index contributed by atoms with van der Waals surface area (Å²) >= 11 is 0. The first kappa shape index (κ1) is 18.4. The second kappa shape index (κ2) is 8.82. The minimum Gasteiger partial charge on any atom is -0.380 e. The molecule has 24 heavy (non-hydrogen) atoms. The summed E-state index contributed by atoms with van der Waals surface area (Å²) < 4.78 is 7.29. The highest BCUT2D eigenvalue weighted by Crippen LogP contribution is 2.15. The van der Waals surface area contributed by atoms with Crippen molar-refractivity contribution in [1.29, 1.82) is 0 Å². The molecule has 0 bridgehead atoms. The van der Waals surface area contributed by atoms with Crippen molar-refractivity contribution in [2.75, 3.05) is 32.8 Å². The monoisotopic (exact) mass is 336 g/mol. The molecule has 2 heterocycles. The van der Waals surface area contributed by atoms with Gasteiger partial charge in [-0.2, -0.15) is 5.10 Å². The van der Waals surface area contributed by atoms with E-state index in [2.05, 4.69) is 10.4 Å².